The molecule has 0 saturated heterocycles. The molecule has 6 nitrogen and oxygen atoms in total. The van der Waals surface area contributed by atoms with E-state index in [1.165, 1.54) is 12.0 Å². The first-order valence-electron chi connectivity index (χ1n) is 9.15. The first-order valence-corrected chi connectivity index (χ1v) is 9.15. The quantitative estimate of drug-likeness (QED) is 0.787. The molecule has 0 atom stereocenters. The smallest absolute Gasteiger partial charge is 0.262 e. The molecule has 0 spiro atoms. The molecule has 1 N–H and O–H groups in total. The first kappa shape index (κ1) is 21.3. The number of hydrogen-bond donors (Lipinski definition) is 1. The van der Waals surface area contributed by atoms with Crippen LogP contribution in [0.4, 0.5) is 5.69 Å². The third-order valence-electron chi connectivity index (χ3n) is 4.36. The number of anilines is 1. The molecule has 2 amide bonds. The fourth-order valence-corrected chi connectivity index (χ4v) is 2.66. The molecule has 2 aromatic carbocycles. The van der Waals surface area contributed by atoms with Crippen LogP contribution in [0, 0.1) is 6.92 Å². The number of carbonyl (C=O) groups is 2. The summed E-state index contributed by atoms with van der Waals surface area (Å²) in [6.45, 7) is 6.01. The van der Waals surface area contributed by atoms with Crippen LogP contribution < -0.4 is 14.8 Å². The van der Waals surface area contributed by atoms with Gasteiger partial charge in [-0.15, -0.1) is 0 Å². The lowest BCUT2D eigenvalue weighted by Crippen LogP contribution is -2.23. The standard InChI is InChI=1S/C22H28N2O4/c1-14(2)16-8-7-15(3)20(12-16)28-13-21(25)23-18-11-17(22(26)24(4)5)9-10-19(18)27-6/h7-12,14H,13H2,1-6H3,(H,23,25). The van der Waals surface area contributed by atoms with Crippen LogP contribution in [0.3, 0.4) is 0 Å². The topological polar surface area (TPSA) is 67.9 Å². The van der Waals surface area contributed by atoms with E-state index >= 15 is 0 Å². The molecule has 28 heavy (non-hydrogen) atoms. The lowest BCUT2D eigenvalue weighted by Gasteiger charge is -2.15. The van der Waals surface area contributed by atoms with E-state index in [4.69, 9.17) is 9.47 Å². The first-order chi connectivity index (χ1) is 13.2. The van der Waals surface area contributed by atoms with Gasteiger partial charge in [0.1, 0.15) is 11.5 Å². The molecule has 0 aliphatic rings. The van der Waals surface area contributed by atoms with E-state index in [0.29, 0.717) is 28.7 Å². The van der Waals surface area contributed by atoms with Crippen LogP contribution in [0.2, 0.25) is 0 Å². The van der Waals surface area contributed by atoms with E-state index in [9.17, 15) is 9.59 Å². The molecule has 2 rings (SSSR count). The van der Waals surface area contributed by atoms with E-state index in [1.54, 1.807) is 32.3 Å². The predicted octanol–water partition coefficient (Wildman–Crippen LogP) is 3.85. The lowest BCUT2D eigenvalue weighted by atomic mass is 10.0. The molecule has 0 fully saturated rings. The summed E-state index contributed by atoms with van der Waals surface area (Å²) >= 11 is 0. The van der Waals surface area contributed by atoms with Crippen LogP contribution in [0.5, 0.6) is 11.5 Å². The zero-order chi connectivity index (χ0) is 20.8. The number of nitrogens with zero attached hydrogens (tertiary/aromatic N) is 1. The number of amides is 2. The highest BCUT2D eigenvalue weighted by molar-refractivity contribution is 5.98. The number of benzene rings is 2. The van der Waals surface area contributed by atoms with Crippen molar-refractivity contribution in [3.8, 4) is 11.5 Å². The van der Waals surface area contributed by atoms with Crippen molar-refractivity contribution in [2.75, 3.05) is 33.1 Å². The van der Waals surface area contributed by atoms with Crippen molar-refractivity contribution in [3.63, 3.8) is 0 Å². The van der Waals surface area contributed by atoms with E-state index < -0.39 is 0 Å². The fourth-order valence-electron chi connectivity index (χ4n) is 2.66. The zero-order valence-electron chi connectivity index (χ0n) is 17.3. The maximum absolute atomic E-state index is 12.4. The molecule has 0 aliphatic carbocycles. The van der Waals surface area contributed by atoms with Gasteiger partial charge in [0.25, 0.3) is 11.8 Å². The number of hydrogen-bond acceptors (Lipinski definition) is 4. The number of ether oxygens (including phenoxy) is 2. The van der Waals surface area contributed by atoms with Crippen LogP contribution in [0.1, 0.15) is 41.3 Å². The summed E-state index contributed by atoms with van der Waals surface area (Å²) in [5.41, 5.74) is 3.00. The number of rotatable bonds is 7. The van der Waals surface area contributed by atoms with E-state index in [-0.39, 0.29) is 18.4 Å². The van der Waals surface area contributed by atoms with Crippen LogP contribution in [-0.2, 0) is 4.79 Å². The summed E-state index contributed by atoms with van der Waals surface area (Å²) in [6, 6.07) is 10.9. The Bertz CT molecular complexity index is 860. The number of nitrogens with one attached hydrogen (secondary N) is 1. The fraction of sp³-hybridized carbons (Fsp3) is 0.364. The monoisotopic (exact) mass is 384 g/mol. The van der Waals surface area contributed by atoms with Crippen molar-refractivity contribution in [2.24, 2.45) is 0 Å². The van der Waals surface area contributed by atoms with Crippen molar-refractivity contribution in [2.45, 2.75) is 26.7 Å². The summed E-state index contributed by atoms with van der Waals surface area (Å²) < 4.78 is 11.0. The second-order valence-electron chi connectivity index (χ2n) is 7.13. The molecule has 0 unspecified atom stereocenters. The Labute approximate surface area is 166 Å². The van der Waals surface area contributed by atoms with E-state index in [2.05, 4.69) is 25.2 Å². The molecule has 0 saturated carbocycles. The molecule has 150 valence electrons. The molecular weight excluding hydrogens is 356 g/mol. The Balaban J connectivity index is 2.12. The molecule has 0 aromatic heterocycles. The molecule has 2 aromatic rings. The average molecular weight is 384 g/mol. The molecule has 6 heteroatoms. The molecular formula is C22H28N2O4. The minimum atomic E-state index is -0.331. The predicted molar refractivity (Wildman–Crippen MR) is 110 cm³/mol. The number of carbonyl (C=O) groups excluding carboxylic acids is 2. The SMILES string of the molecule is COc1ccc(C(=O)N(C)C)cc1NC(=O)COc1cc(C(C)C)ccc1C. The Kier molecular flexibility index (Phi) is 7.04. The van der Waals surface area contributed by atoms with E-state index in [0.717, 1.165) is 11.1 Å². The van der Waals surface area contributed by atoms with Crippen molar-refractivity contribution >= 4 is 17.5 Å². The minimum Gasteiger partial charge on any atom is -0.495 e. The molecule has 0 radical (unpaired) electrons. The van der Waals surface area contributed by atoms with Crippen molar-refractivity contribution in [3.05, 3.63) is 53.1 Å². The van der Waals surface area contributed by atoms with Gasteiger partial charge in [0, 0.05) is 19.7 Å². The van der Waals surface area contributed by atoms with Gasteiger partial charge in [-0.25, -0.2) is 0 Å². The lowest BCUT2D eigenvalue weighted by molar-refractivity contribution is -0.118. The summed E-state index contributed by atoms with van der Waals surface area (Å²) in [6.07, 6.45) is 0. The summed E-state index contributed by atoms with van der Waals surface area (Å²) in [4.78, 5) is 26.1. The Morgan fingerprint density at radius 2 is 1.79 bits per heavy atom. The highest BCUT2D eigenvalue weighted by Gasteiger charge is 2.14. The van der Waals surface area contributed by atoms with Crippen LogP contribution >= 0.6 is 0 Å². The van der Waals surface area contributed by atoms with Gasteiger partial charge in [-0.2, -0.15) is 0 Å². The van der Waals surface area contributed by atoms with Gasteiger partial charge >= 0.3 is 0 Å². The maximum Gasteiger partial charge on any atom is 0.262 e. The summed E-state index contributed by atoms with van der Waals surface area (Å²) in [5, 5.41) is 2.76. The van der Waals surface area contributed by atoms with Gasteiger partial charge in [-0.05, 0) is 48.2 Å². The number of methoxy groups -OCH3 is 1. The van der Waals surface area contributed by atoms with Crippen molar-refractivity contribution < 1.29 is 19.1 Å². The molecule has 0 bridgehead atoms. The van der Waals surface area contributed by atoms with Gasteiger partial charge in [-0.3, -0.25) is 9.59 Å². The largest absolute Gasteiger partial charge is 0.495 e. The normalized spacial score (nSPS) is 10.5. The van der Waals surface area contributed by atoms with Gasteiger partial charge in [0.2, 0.25) is 0 Å². The van der Waals surface area contributed by atoms with Gasteiger partial charge in [0.15, 0.2) is 6.61 Å². The van der Waals surface area contributed by atoms with Gasteiger partial charge in [0.05, 0.1) is 12.8 Å². The molecule has 0 heterocycles. The third kappa shape index (κ3) is 5.25. The van der Waals surface area contributed by atoms with Crippen LogP contribution in [0.25, 0.3) is 0 Å². The molecule has 0 aliphatic heterocycles. The average Bonchev–Trinajstić information content (AvgIpc) is 2.66. The second-order valence-corrected chi connectivity index (χ2v) is 7.13. The van der Waals surface area contributed by atoms with Gasteiger partial charge in [-0.1, -0.05) is 26.0 Å². The Hall–Kier alpha value is -3.02. The minimum absolute atomic E-state index is 0.141. The van der Waals surface area contributed by atoms with Crippen molar-refractivity contribution in [1.29, 1.82) is 0 Å². The number of aryl methyl sites for hydroxylation is 1. The summed E-state index contributed by atoms with van der Waals surface area (Å²) in [5.74, 6) is 1.04. The maximum atomic E-state index is 12.4. The van der Waals surface area contributed by atoms with Crippen LogP contribution in [-0.4, -0.2) is 44.5 Å². The Morgan fingerprint density at radius 3 is 2.39 bits per heavy atom. The van der Waals surface area contributed by atoms with E-state index in [1.807, 2.05) is 19.1 Å². The summed E-state index contributed by atoms with van der Waals surface area (Å²) in [7, 11) is 4.86. The van der Waals surface area contributed by atoms with Crippen LogP contribution in [0.15, 0.2) is 36.4 Å². The van der Waals surface area contributed by atoms with Gasteiger partial charge < -0.3 is 19.7 Å². The second kappa shape index (κ2) is 9.26. The van der Waals surface area contributed by atoms with Crippen molar-refractivity contribution in [1.82, 2.24) is 4.90 Å². The third-order valence-corrected chi connectivity index (χ3v) is 4.36. The zero-order valence-corrected chi connectivity index (χ0v) is 17.3. The highest BCUT2D eigenvalue weighted by Crippen LogP contribution is 2.27. The highest BCUT2D eigenvalue weighted by atomic mass is 16.5. The Morgan fingerprint density at radius 1 is 1.07 bits per heavy atom.